The number of carbonyl (C=O) groups is 2. The molecule has 1 N–H and O–H groups in total. The van der Waals surface area contributed by atoms with Crippen LogP contribution in [0.5, 0.6) is 0 Å². The van der Waals surface area contributed by atoms with Gasteiger partial charge in [-0.1, -0.05) is 12.1 Å². The Morgan fingerprint density at radius 3 is 2.25 bits per heavy atom. The molecule has 1 aliphatic rings. The van der Waals surface area contributed by atoms with Gasteiger partial charge in [0.05, 0.1) is 31.2 Å². The summed E-state index contributed by atoms with van der Waals surface area (Å²) >= 11 is 0. The fourth-order valence-electron chi connectivity index (χ4n) is 3.38. The van der Waals surface area contributed by atoms with Crippen LogP contribution in [0.2, 0.25) is 0 Å². The summed E-state index contributed by atoms with van der Waals surface area (Å²) in [5.74, 6) is -3.56. The van der Waals surface area contributed by atoms with E-state index >= 15 is 0 Å². The normalized spacial score (nSPS) is 26.7. The van der Waals surface area contributed by atoms with Crippen LogP contribution >= 0.6 is 0 Å². The molecule has 0 radical (unpaired) electrons. The van der Waals surface area contributed by atoms with Crippen molar-refractivity contribution in [1.82, 2.24) is 0 Å². The summed E-state index contributed by atoms with van der Waals surface area (Å²) in [6, 6.07) is 5.61. The molecule has 1 aromatic carbocycles. The van der Waals surface area contributed by atoms with Crippen molar-refractivity contribution in [3.63, 3.8) is 0 Å². The van der Waals surface area contributed by atoms with E-state index in [1.165, 1.54) is 24.3 Å². The molecular formula is C18H23FO5. The van der Waals surface area contributed by atoms with Crippen LogP contribution in [0.25, 0.3) is 0 Å². The third kappa shape index (κ3) is 3.93. The Balaban J connectivity index is 2.40. The highest BCUT2D eigenvalue weighted by Gasteiger charge is 2.48. The first-order chi connectivity index (χ1) is 11.5. The molecule has 1 aliphatic carbocycles. The van der Waals surface area contributed by atoms with Crippen molar-refractivity contribution >= 4 is 11.9 Å². The van der Waals surface area contributed by atoms with Crippen LogP contribution in [-0.4, -0.2) is 36.4 Å². The molecule has 0 amide bonds. The van der Waals surface area contributed by atoms with Gasteiger partial charge >= 0.3 is 11.9 Å². The summed E-state index contributed by atoms with van der Waals surface area (Å²) in [7, 11) is 0. The van der Waals surface area contributed by atoms with Crippen molar-refractivity contribution in [2.45, 2.75) is 38.7 Å². The molecule has 1 aromatic rings. The van der Waals surface area contributed by atoms with Crippen LogP contribution in [0.4, 0.5) is 4.39 Å². The second-order valence-electron chi connectivity index (χ2n) is 5.86. The molecule has 4 unspecified atom stereocenters. The van der Waals surface area contributed by atoms with E-state index in [-0.39, 0.29) is 13.2 Å². The van der Waals surface area contributed by atoms with Gasteiger partial charge in [0.1, 0.15) is 5.82 Å². The van der Waals surface area contributed by atoms with Gasteiger partial charge in [0.2, 0.25) is 0 Å². The summed E-state index contributed by atoms with van der Waals surface area (Å²) in [5.41, 5.74) is 0.607. The number of esters is 2. The van der Waals surface area contributed by atoms with Crippen molar-refractivity contribution in [2.24, 2.45) is 11.8 Å². The van der Waals surface area contributed by atoms with Gasteiger partial charge in [-0.25, -0.2) is 4.39 Å². The number of hydrogen-bond acceptors (Lipinski definition) is 5. The van der Waals surface area contributed by atoms with Crippen LogP contribution in [0, 0.1) is 17.7 Å². The molecule has 132 valence electrons. The van der Waals surface area contributed by atoms with Crippen molar-refractivity contribution in [2.75, 3.05) is 13.2 Å². The van der Waals surface area contributed by atoms with Crippen LogP contribution in [0.1, 0.15) is 38.2 Å². The van der Waals surface area contributed by atoms with Crippen molar-refractivity contribution in [1.29, 1.82) is 0 Å². The minimum absolute atomic E-state index is 0.178. The fraction of sp³-hybridized carbons (Fsp3) is 0.556. The summed E-state index contributed by atoms with van der Waals surface area (Å²) in [6.07, 6.45) is -0.0988. The molecule has 0 aliphatic heterocycles. The predicted molar refractivity (Wildman–Crippen MR) is 84.6 cm³/mol. The molecule has 6 heteroatoms. The van der Waals surface area contributed by atoms with Crippen molar-refractivity contribution in [3.05, 3.63) is 35.6 Å². The summed E-state index contributed by atoms with van der Waals surface area (Å²) in [5, 5.41) is 10.5. The number of rotatable bonds is 5. The second-order valence-corrected chi connectivity index (χ2v) is 5.86. The van der Waals surface area contributed by atoms with E-state index < -0.39 is 41.6 Å². The largest absolute Gasteiger partial charge is 0.466 e. The first kappa shape index (κ1) is 18.4. The Labute approximate surface area is 140 Å². The molecule has 4 atom stereocenters. The molecule has 0 heterocycles. The van der Waals surface area contributed by atoms with Crippen molar-refractivity contribution in [3.8, 4) is 0 Å². The first-order valence-corrected chi connectivity index (χ1v) is 8.26. The van der Waals surface area contributed by atoms with Gasteiger partial charge in [-0.05, 0) is 44.4 Å². The third-order valence-electron chi connectivity index (χ3n) is 4.41. The standard InChI is InChI=1S/C18H23FO5/c1-3-23-17(21)13-9-10-14(20)15(16(13)18(22)24-4-2)11-5-7-12(19)8-6-11/h5-8,13-16,20H,3-4,9-10H2,1-2H3. The molecule has 0 spiro atoms. The van der Waals surface area contributed by atoms with Crippen LogP contribution in [-0.2, 0) is 19.1 Å². The van der Waals surface area contributed by atoms with Crippen LogP contribution in [0.3, 0.4) is 0 Å². The van der Waals surface area contributed by atoms with E-state index in [0.29, 0.717) is 18.4 Å². The van der Waals surface area contributed by atoms with Gasteiger partial charge in [0.15, 0.2) is 0 Å². The molecular weight excluding hydrogens is 315 g/mol. The topological polar surface area (TPSA) is 72.8 Å². The van der Waals surface area contributed by atoms with Crippen molar-refractivity contribution < 1.29 is 28.6 Å². The van der Waals surface area contributed by atoms with Gasteiger partial charge in [-0.15, -0.1) is 0 Å². The number of benzene rings is 1. The monoisotopic (exact) mass is 338 g/mol. The molecule has 1 saturated carbocycles. The number of carbonyl (C=O) groups excluding carboxylic acids is 2. The van der Waals surface area contributed by atoms with Gasteiger partial charge in [0, 0.05) is 5.92 Å². The molecule has 0 aromatic heterocycles. The molecule has 0 saturated heterocycles. The number of halogens is 1. The van der Waals surface area contributed by atoms with Gasteiger partial charge in [-0.3, -0.25) is 9.59 Å². The lowest BCUT2D eigenvalue weighted by atomic mass is 9.67. The molecule has 24 heavy (non-hydrogen) atoms. The van der Waals surface area contributed by atoms with E-state index in [2.05, 4.69) is 0 Å². The maximum absolute atomic E-state index is 13.2. The Kier molecular flexibility index (Phi) is 6.31. The quantitative estimate of drug-likeness (QED) is 0.835. The number of ether oxygens (including phenoxy) is 2. The zero-order valence-electron chi connectivity index (χ0n) is 13.9. The smallest absolute Gasteiger partial charge is 0.310 e. The summed E-state index contributed by atoms with van der Waals surface area (Å²) in [4.78, 5) is 24.8. The first-order valence-electron chi connectivity index (χ1n) is 8.26. The van der Waals surface area contributed by atoms with Crippen LogP contribution in [0.15, 0.2) is 24.3 Å². The van der Waals surface area contributed by atoms with E-state index in [1.54, 1.807) is 13.8 Å². The van der Waals surface area contributed by atoms with E-state index in [9.17, 15) is 19.1 Å². The molecule has 2 rings (SSSR count). The Morgan fingerprint density at radius 2 is 1.67 bits per heavy atom. The summed E-state index contributed by atoms with van der Waals surface area (Å²) in [6.45, 7) is 3.78. The SMILES string of the molecule is CCOC(=O)C1CCC(O)C(c2ccc(F)cc2)C1C(=O)OCC. The zero-order chi connectivity index (χ0) is 17.7. The predicted octanol–water partition coefficient (Wildman–Crippen LogP) is 2.42. The van der Waals surface area contributed by atoms with Gasteiger partial charge in [0.25, 0.3) is 0 Å². The number of hydrogen-bond donors (Lipinski definition) is 1. The molecule has 5 nitrogen and oxygen atoms in total. The van der Waals surface area contributed by atoms with Crippen LogP contribution < -0.4 is 0 Å². The maximum Gasteiger partial charge on any atom is 0.310 e. The van der Waals surface area contributed by atoms with E-state index in [0.717, 1.165) is 0 Å². The minimum Gasteiger partial charge on any atom is -0.466 e. The summed E-state index contributed by atoms with van der Waals surface area (Å²) < 4.78 is 23.4. The lowest BCUT2D eigenvalue weighted by Gasteiger charge is -2.38. The highest BCUT2D eigenvalue weighted by Crippen LogP contribution is 2.43. The highest BCUT2D eigenvalue weighted by atomic mass is 19.1. The maximum atomic E-state index is 13.2. The minimum atomic E-state index is -0.849. The van der Waals surface area contributed by atoms with Gasteiger partial charge in [-0.2, -0.15) is 0 Å². The third-order valence-corrected chi connectivity index (χ3v) is 4.41. The van der Waals surface area contributed by atoms with E-state index in [1.807, 2.05) is 0 Å². The highest BCUT2D eigenvalue weighted by molar-refractivity contribution is 5.83. The number of aliphatic hydroxyl groups excluding tert-OH is 1. The molecule has 1 fully saturated rings. The average Bonchev–Trinajstić information content (AvgIpc) is 2.56. The number of aliphatic hydroxyl groups is 1. The zero-order valence-corrected chi connectivity index (χ0v) is 13.9. The second kappa shape index (κ2) is 8.24. The van der Waals surface area contributed by atoms with E-state index in [4.69, 9.17) is 9.47 Å². The lowest BCUT2D eigenvalue weighted by molar-refractivity contribution is -0.166. The molecule has 0 bridgehead atoms. The fourth-order valence-corrected chi connectivity index (χ4v) is 3.38. The Bertz CT molecular complexity index is 571. The average molecular weight is 338 g/mol. The Hall–Kier alpha value is -1.95. The lowest BCUT2D eigenvalue weighted by Crippen LogP contribution is -2.45. The Morgan fingerprint density at radius 1 is 1.08 bits per heavy atom. The van der Waals surface area contributed by atoms with Gasteiger partial charge < -0.3 is 14.6 Å².